The fourth-order valence-electron chi connectivity index (χ4n) is 1.91. The van der Waals surface area contributed by atoms with Gasteiger partial charge in [0.2, 0.25) is 5.78 Å². The molecule has 0 saturated carbocycles. The maximum absolute atomic E-state index is 11.4. The van der Waals surface area contributed by atoms with E-state index in [0.717, 1.165) is 12.2 Å². The van der Waals surface area contributed by atoms with Gasteiger partial charge in [0.1, 0.15) is 0 Å². The number of carbonyl (C=O) groups is 2. The molecule has 1 atom stereocenters. The molecule has 0 aromatic carbocycles. The van der Waals surface area contributed by atoms with E-state index in [-0.39, 0.29) is 11.7 Å². The van der Waals surface area contributed by atoms with Gasteiger partial charge in [0.25, 0.3) is 5.91 Å². The number of ketones is 1. The highest BCUT2D eigenvalue weighted by atomic mass is 32.2. The molecule has 0 aliphatic carbocycles. The van der Waals surface area contributed by atoms with Gasteiger partial charge in [-0.3, -0.25) is 9.59 Å². The van der Waals surface area contributed by atoms with Gasteiger partial charge in [0.05, 0.1) is 0 Å². The van der Waals surface area contributed by atoms with Crippen molar-refractivity contribution in [3.63, 3.8) is 0 Å². The van der Waals surface area contributed by atoms with Crippen LogP contribution in [0.3, 0.4) is 0 Å². The molecule has 2 heterocycles. The Balaban J connectivity index is 2.00. The highest BCUT2D eigenvalue weighted by Crippen LogP contribution is 2.24. The third-order valence-electron chi connectivity index (χ3n) is 2.66. The average Bonchev–Trinajstić information content (AvgIpc) is 2.49. The summed E-state index contributed by atoms with van der Waals surface area (Å²) < 4.78 is 0. The number of carbonyl (C=O) groups excluding carboxylic acids is 2. The van der Waals surface area contributed by atoms with Crippen LogP contribution < -0.4 is 0 Å². The van der Waals surface area contributed by atoms with Gasteiger partial charge >= 0.3 is 0 Å². The van der Waals surface area contributed by atoms with Crippen LogP contribution in [-0.4, -0.2) is 40.7 Å². The molecular weight excluding hydrogens is 186 g/mol. The fourth-order valence-corrected chi connectivity index (χ4v) is 3.06. The zero-order valence-corrected chi connectivity index (χ0v) is 8.31. The number of rotatable bonds is 1. The lowest BCUT2D eigenvalue weighted by Crippen LogP contribution is -2.40. The molecule has 0 radical (unpaired) electrons. The van der Waals surface area contributed by atoms with Crippen molar-refractivity contribution >= 4 is 23.5 Å². The van der Waals surface area contributed by atoms with Gasteiger partial charge in [-0.2, -0.15) is 11.8 Å². The second-order valence-electron chi connectivity index (χ2n) is 3.54. The van der Waals surface area contributed by atoms with Gasteiger partial charge in [-0.25, -0.2) is 0 Å². The van der Waals surface area contributed by atoms with E-state index in [0.29, 0.717) is 19.0 Å². The van der Waals surface area contributed by atoms with E-state index in [1.807, 2.05) is 11.8 Å². The van der Waals surface area contributed by atoms with Crippen molar-refractivity contribution in [2.45, 2.75) is 25.3 Å². The molecule has 2 aliphatic rings. The maximum Gasteiger partial charge on any atom is 0.290 e. The van der Waals surface area contributed by atoms with Crippen LogP contribution in [0.4, 0.5) is 0 Å². The molecule has 4 heteroatoms. The summed E-state index contributed by atoms with van der Waals surface area (Å²) in [6.45, 7) is 0.656. The van der Waals surface area contributed by atoms with Crippen LogP contribution in [0.5, 0.6) is 0 Å². The first-order valence-corrected chi connectivity index (χ1v) is 5.86. The van der Waals surface area contributed by atoms with Gasteiger partial charge < -0.3 is 4.90 Å². The predicted octanol–water partition coefficient (Wildman–Crippen LogP) is 0.683. The van der Waals surface area contributed by atoms with E-state index in [1.54, 1.807) is 4.90 Å². The van der Waals surface area contributed by atoms with Crippen molar-refractivity contribution < 1.29 is 9.59 Å². The van der Waals surface area contributed by atoms with Crippen molar-refractivity contribution in [2.24, 2.45) is 0 Å². The van der Waals surface area contributed by atoms with Gasteiger partial charge in [-0.05, 0) is 18.6 Å². The smallest absolute Gasteiger partial charge is 0.290 e. The zero-order valence-electron chi connectivity index (χ0n) is 7.49. The first-order chi connectivity index (χ1) is 6.29. The minimum atomic E-state index is -0.243. The summed E-state index contributed by atoms with van der Waals surface area (Å²) in [5.41, 5.74) is 0. The van der Waals surface area contributed by atoms with E-state index in [4.69, 9.17) is 0 Å². The number of thioether (sulfide) groups is 1. The molecule has 2 rings (SSSR count). The number of nitrogens with zero attached hydrogens (tertiary/aromatic N) is 1. The number of hydrogen-bond donors (Lipinski definition) is 0. The topological polar surface area (TPSA) is 37.4 Å². The Labute approximate surface area is 81.9 Å². The summed E-state index contributed by atoms with van der Waals surface area (Å²) in [6, 6.07) is 0.331. The Bertz CT molecular complexity index is 236. The van der Waals surface area contributed by atoms with Crippen molar-refractivity contribution in [3.05, 3.63) is 0 Å². The van der Waals surface area contributed by atoms with Crippen LogP contribution in [-0.2, 0) is 9.59 Å². The Kier molecular flexibility index (Phi) is 2.58. The Morgan fingerprint density at radius 2 is 2.23 bits per heavy atom. The highest BCUT2D eigenvalue weighted by Gasteiger charge is 2.34. The van der Waals surface area contributed by atoms with Crippen molar-refractivity contribution in [1.82, 2.24) is 4.90 Å². The number of amides is 1. The summed E-state index contributed by atoms with van der Waals surface area (Å²) in [6.07, 6.45) is 2.68. The van der Waals surface area contributed by atoms with Crippen LogP contribution >= 0.6 is 11.8 Å². The highest BCUT2D eigenvalue weighted by molar-refractivity contribution is 7.99. The molecule has 0 aromatic heterocycles. The summed E-state index contributed by atoms with van der Waals surface area (Å²) in [7, 11) is 0. The molecule has 72 valence electrons. The van der Waals surface area contributed by atoms with Gasteiger partial charge in [-0.15, -0.1) is 0 Å². The molecule has 0 spiro atoms. The Morgan fingerprint density at radius 3 is 2.77 bits per heavy atom. The normalized spacial score (nSPS) is 29.8. The molecule has 1 amide bonds. The third kappa shape index (κ3) is 1.73. The van der Waals surface area contributed by atoms with Crippen LogP contribution in [0.2, 0.25) is 0 Å². The van der Waals surface area contributed by atoms with Crippen molar-refractivity contribution in [1.29, 1.82) is 0 Å². The minimum absolute atomic E-state index is 0.199. The molecule has 3 nitrogen and oxygen atoms in total. The van der Waals surface area contributed by atoms with Gasteiger partial charge in [0.15, 0.2) is 0 Å². The first-order valence-electron chi connectivity index (χ1n) is 4.70. The molecule has 2 fully saturated rings. The zero-order chi connectivity index (χ0) is 9.26. The molecular formula is C9H13NO2S. The standard InChI is InChI=1S/C9H13NO2S/c11-8-3-4-10(9(8)12)7-2-1-5-13-6-7/h7H,1-6H2. The van der Waals surface area contributed by atoms with Crippen LogP contribution in [0, 0.1) is 0 Å². The summed E-state index contributed by atoms with van der Waals surface area (Å²) in [4.78, 5) is 24.2. The third-order valence-corrected chi connectivity index (χ3v) is 3.85. The summed E-state index contributed by atoms with van der Waals surface area (Å²) >= 11 is 1.89. The van der Waals surface area contributed by atoms with Gasteiger partial charge in [0, 0.05) is 24.8 Å². The number of hydrogen-bond acceptors (Lipinski definition) is 3. The Morgan fingerprint density at radius 1 is 1.38 bits per heavy atom. The van der Waals surface area contributed by atoms with Gasteiger partial charge in [-0.1, -0.05) is 0 Å². The molecule has 2 saturated heterocycles. The van der Waals surface area contributed by atoms with Crippen LogP contribution in [0.25, 0.3) is 0 Å². The van der Waals surface area contributed by atoms with E-state index in [2.05, 4.69) is 0 Å². The lowest BCUT2D eigenvalue weighted by molar-refractivity contribution is -0.141. The average molecular weight is 199 g/mol. The quantitative estimate of drug-likeness (QED) is 0.583. The molecule has 0 N–H and O–H groups in total. The summed E-state index contributed by atoms with van der Waals surface area (Å²) in [5, 5.41) is 0. The van der Waals surface area contributed by atoms with E-state index >= 15 is 0 Å². The summed E-state index contributed by atoms with van der Waals surface area (Å²) in [5.74, 6) is 1.77. The Hall–Kier alpha value is -0.510. The predicted molar refractivity (Wildman–Crippen MR) is 51.7 cm³/mol. The molecule has 1 unspecified atom stereocenters. The minimum Gasteiger partial charge on any atom is -0.332 e. The largest absolute Gasteiger partial charge is 0.332 e. The lowest BCUT2D eigenvalue weighted by Gasteiger charge is -2.29. The monoisotopic (exact) mass is 199 g/mol. The SMILES string of the molecule is O=C1CCN(C2CCCSC2)C1=O. The molecule has 13 heavy (non-hydrogen) atoms. The fraction of sp³-hybridized carbons (Fsp3) is 0.778. The molecule has 0 aromatic rings. The van der Waals surface area contributed by atoms with Crippen LogP contribution in [0.1, 0.15) is 19.3 Å². The van der Waals surface area contributed by atoms with E-state index < -0.39 is 0 Å². The lowest BCUT2D eigenvalue weighted by atomic mass is 10.1. The molecule has 2 aliphatic heterocycles. The van der Waals surface area contributed by atoms with E-state index in [1.165, 1.54) is 12.2 Å². The first kappa shape index (κ1) is 9.06. The van der Waals surface area contributed by atoms with Crippen molar-refractivity contribution in [3.8, 4) is 0 Å². The van der Waals surface area contributed by atoms with E-state index in [9.17, 15) is 9.59 Å². The van der Waals surface area contributed by atoms with Crippen molar-refractivity contribution in [2.75, 3.05) is 18.1 Å². The second-order valence-corrected chi connectivity index (χ2v) is 4.69. The molecule has 0 bridgehead atoms. The number of likely N-dealkylation sites (tertiary alicyclic amines) is 1. The number of Topliss-reactive ketones (excluding diaryl/α,β-unsaturated/α-hetero) is 1. The maximum atomic E-state index is 11.4. The second kappa shape index (κ2) is 3.70. The van der Waals surface area contributed by atoms with Crippen LogP contribution in [0.15, 0.2) is 0 Å².